The van der Waals surface area contributed by atoms with Crippen LogP contribution in [0.3, 0.4) is 0 Å². The second kappa shape index (κ2) is 5.42. The van der Waals surface area contributed by atoms with E-state index in [-0.39, 0.29) is 24.3 Å². The van der Waals surface area contributed by atoms with E-state index in [0.29, 0.717) is 6.54 Å². The molecule has 1 aromatic heterocycles. The maximum absolute atomic E-state index is 12.4. The fraction of sp³-hybridized carbons (Fsp3) is 0.615. The zero-order valence-electron chi connectivity index (χ0n) is 11.6. The molecule has 19 heavy (non-hydrogen) atoms. The van der Waals surface area contributed by atoms with E-state index in [2.05, 4.69) is 10.3 Å². The van der Waals surface area contributed by atoms with Gasteiger partial charge < -0.3 is 14.8 Å². The molecule has 6 heteroatoms. The van der Waals surface area contributed by atoms with Gasteiger partial charge >= 0.3 is 0 Å². The molecule has 1 N–H and O–H groups in total. The predicted molar refractivity (Wildman–Crippen MR) is 70.0 cm³/mol. The smallest absolute Gasteiger partial charge is 0.246 e. The van der Waals surface area contributed by atoms with E-state index in [4.69, 9.17) is 0 Å². The fourth-order valence-electron chi connectivity index (χ4n) is 2.20. The molecule has 1 fully saturated rings. The maximum atomic E-state index is 12.4. The summed E-state index contributed by atoms with van der Waals surface area (Å²) in [6.07, 6.45) is 4.37. The van der Waals surface area contributed by atoms with Gasteiger partial charge in [0.15, 0.2) is 0 Å². The van der Waals surface area contributed by atoms with Crippen molar-refractivity contribution < 1.29 is 9.59 Å². The first kappa shape index (κ1) is 13.6. The second-order valence-electron chi connectivity index (χ2n) is 5.08. The van der Waals surface area contributed by atoms with E-state index >= 15 is 0 Å². The molecule has 2 amide bonds. The van der Waals surface area contributed by atoms with Crippen molar-refractivity contribution in [3.63, 3.8) is 0 Å². The Labute approximate surface area is 112 Å². The van der Waals surface area contributed by atoms with Crippen LogP contribution in [0.4, 0.5) is 0 Å². The van der Waals surface area contributed by atoms with Crippen molar-refractivity contribution in [2.24, 2.45) is 13.0 Å². The molecule has 1 aliphatic rings. The first-order valence-corrected chi connectivity index (χ1v) is 6.57. The summed E-state index contributed by atoms with van der Waals surface area (Å²) in [5.74, 6) is 0.808. The predicted octanol–water partition coefficient (Wildman–Crippen LogP) is 0.293. The quantitative estimate of drug-likeness (QED) is 0.850. The summed E-state index contributed by atoms with van der Waals surface area (Å²) in [6.45, 7) is 4.48. The largest absolute Gasteiger partial charge is 0.342 e. The average molecular weight is 264 g/mol. The van der Waals surface area contributed by atoms with Gasteiger partial charge in [0, 0.05) is 19.4 Å². The number of aryl methyl sites for hydroxylation is 1. The summed E-state index contributed by atoms with van der Waals surface area (Å²) >= 11 is 0. The molecule has 0 bridgehead atoms. The number of hydrogen-bond donors (Lipinski definition) is 1. The zero-order valence-corrected chi connectivity index (χ0v) is 11.6. The topological polar surface area (TPSA) is 67.2 Å². The van der Waals surface area contributed by atoms with E-state index in [1.165, 1.54) is 0 Å². The summed E-state index contributed by atoms with van der Waals surface area (Å²) in [5.41, 5.74) is 0. The van der Waals surface area contributed by atoms with Gasteiger partial charge in [0.1, 0.15) is 18.4 Å². The molecule has 6 nitrogen and oxygen atoms in total. The molecule has 2 unspecified atom stereocenters. The van der Waals surface area contributed by atoms with E-state index in [1.807, 2.05) is 31.7 Å². The Hall–Kier alpha value is -1.85. The number of piperazine rings is 1. The van der Waals surface area contributed by atoms with Gasteiger partial charge in [0.2, 0.25) is 11.8 Å². The molecule has 1 saturated heterocycles. The van der Waals surface area contributed by atoms with Crippen molar-refractivity contribution >= 4 is 11.8 Å². The lowest BCUT2D eigenvalue weighted by Crippen LogP contribution is -2.59. The van der Waals surface area contributed by atoms with Crippen LogP contribution in [0.5, 0.6) is 0 Å². The van der Waals surface area contributed by atoms with Gasteiger partial charge in [0.05, 0.1) is 6.54 Å². The standard InChI is InChI=1S/C13H20N4O2/c1-4-9(2)12-13(19)17(8-11(18)15-12)7-10-14-5-6-16(10)3/h5-6,9,12H,4,7-8H2,1-3H3,(H,15,18). The molecule has 2 heterocycles. The van der Waals surface area contributed by atoms with Crippen LogP contribution >= 0.6 is 0 Å². The number of nitrogens with zero attached hydrogens (tertiary/aromatic N) is 3. The Balaban J connectivity index is 2.13. The summed E-state index contributed by atoms with van der Waals surface area (Å²) in [5, 5.41) is 2.78. The van der Waals surface area contributed by atoms with Gasteiger partial charge in [-0.1, -0.05) is 20.3 Å². The molecule has 104 valence electrons. The van der Waals surface area contributed by atoms with Crippen LogP contribution in [0.1, 0.15) is 26.1 Å². The number of nitrogens with one attached hydrogen (secondary N) is 1. The number of hydrogen-bond acceptors (Lipinski definition) is 3. The summed E-state index contributed by atoms with van der Waals surface area (Å²) in [4.78, 5) is 29.9. The highest BCUT2D eigenvalue weighted by Gasteiger charge is 2.35. The lowest BCUT2D eigenvalue weighted by molar-refractivity contribution is -0.146. The first-order chi connectivity index (χ1) is 9.02. The minimum Gasteiger partial charge on any atom is -0.342 e. The highest BCUT2D eigenvalue weighted by atomic mass is 16.2. The molecule has 2 rings (SSSR count). The first-order valence-electron chi connectivity index (χ1n) is 6.57. The number of carbonyl (C=O) groups excluding carboxylic acids is 2. The van der Waals surface area contributed by atoms with Crippen molar-refractivity contribution in [3.8, 4) is 0 Å². The van der Waals surface area contributed by atoms with E-state index in [0.717, 1.165) is 12.2 Å². The minimum absolute atomic E-state index is 0.0167. The van der Waals surface area contributed by atoms with Crippen molar-refractivity contribution in [1.82, 2.24) is 19.8 Å². The van der Waals surface area contributed by atoms with Crippen molar-refractivity contribution in [2.75, 3.05) is 6.54 Å². The molecule has 1 aromatic rings. The molecular formula is C13H20N4O2. The number of amides is 2. The molecule has 0 aliphatic carbocycles. The fourth-order valence-corrected chi connectivity index (χ4v) is 2.20. The highest BCUT2D eigenvalue weighted by molar-refractivity contribution is 5.94. The molecule has 2 atom stereocenters. The van der Waals surface area contributed by atoms with Crippen LogP contribution in [0.25, 0.3) is 0 Å². The number of rotatable bonds is 4. The molecule has 0 spiro atoms. The Morgan fingerprint density at radius 3 is 2.84 bits per heavy atom. The number of carbonyl (C=O) groups is 2. The lowest BCUT2D eigenvalue weighted by Gasteiger charge is -2.34. The second-order valence-corrected chi connectivity index (χ2v) is 5.08. The Kier molecular flexibility index (Phi) is 3.87. The Morgan fingerprint density at radius 1 is 1.53 bits per heavy atom. The molecule has 0 aromatic carbocycles. The Bertz CT molecular complexity index is 483. The minimum atomic E-state index is -0.411. The van der Waals surface area contributed by atoms with Crippen LogP contribution < -0.4 is 5.32 Å². The normalized spacial score (nSPS) is 21.4. The van der Waals surface area contributed by atoms with Gasteiger partial charge in [0.25, 0.3) is 0 Å². The molecule has 0 radical (unpaired) electrons. The lowest BCUT2D eigenvalue weighted by atomic mass is 9.96. The molecular weight excluding hydrogens is 244 g/mol. The average Bonchev–Trinajstić information content (AvgIpc) is 2.78. The van der Waals surface area contributed by atoms with Gasteiger partial charge in [-0.3, -0.25) is 9.59 Å². The molecule has 0 saturated carbocycles. The van der Waals surface area contributed by atoms with Gasteiger partial charge in [-0.05, 0) is 5.92 Å². The number of imidazole rings is 1. The Morgan fingerprint density at radius 2 is 2.26 bits per heavy atom. The van der Waals surface area contributed by atoms with Crippen LogP contribution in [-0.2, 0) is 23.2 Å². The summed E-state index contributed by atoms with van der Waals surface area (Å²) < 4.78 is 1.86. The monoisotopic (exact) mass is 264 g/mol. The summed E-state index contributed by atoms with van der Waals surface area (Å²) in [6, 6.07) is -0.411. The van der Waals surface area contributed by atoms with E-state index < -0.39 is 6.04 Å². The van der Waals surface area contributed by atoms with Crippen molar-refractivity contribution in [3.05, 3.63) is 18.2 Å². The maximum Gasteiger partial charge on any atom is 0.246 e. The molecule has 1 aliphatic heterocycles. The third kappa shape index (κ3) is 2.77. The van der Waals surface area contributed by atoms with Crippen LogP contribution in [-0.4, -0.2) is 38.9 Å². The zero-order chi connectivity index (χ0) is 14.0. The van der Waals surface area contributed by atoms with Crippen LogP contribution in [0.2, 0.25) is 0 Å². The van der Waals surface area contributed by atoms with Gasteiger partial charge in [-0.25, -0.2) is 4.98 Å². The van der Waals surface area contributed by atoms with Gasteiger partial charge in [-0.2, -0.15) is 0 Å². The van der Waals surface area contributed by atoms with Crippen LogP contribution in [0.15, 0.2) is 12.4 Å². The van der Waals surface area contributed by atoms with Gasteiger partial charge in [-0.15, -0.1) is 0 Å². The van der Waals surface area contributed by atoms with Crippen molar-refractivity contribution in [2.45, 2.75) is 32.9 Å². The third-order valence-corrected chi connectivity index (χ3v) is 3.69. The third-order valence-electron chi connectivity index (χ3n) is 3.69. The van der Waals surface area contributed by atoms with E-state index in [1.54, 1.807) is 11.1 Å². The SMILES string of the molecule is CCC(C)C1NC(=O)CN(Cc2nccn2C)C1=O. The summed E-state index contributed by atoms with van der Waals surface area (Å²) in [7, 11) is 1.88. The van der Waals surface area contributed by atoms with Crippen molar-refractivity contribution in [1.29, 1.82) is 0 Å². The highest BCUT2D eigenvalue weighted by Crippen LogP contribution is 2.15. The van der Waals surface area contributed by atoms with Crippen LogP contribution in [0, 0.1) is 5.92 Å². The van der Waals surface area contributed by atoms with E-state index in [9.17, 15) is 9.59 Å². The number of aromatic nitrogens is 2.